The van der Waals surface area contributed by atoms with Gasteiger partial charge in [-0.3, -0.25) is 44.0 Å². The summed E-state index contributed by atoms with van der Waals surface area (Å²) >= 11 is 9.23. The van der Waals surface area contributed by atoms with E-state index in [1.54, 1.807) is 0 Å². The second-order valence-electron chi connectivity index (χ2n) is 31.8. The summed E-state index contributed by atoms with van der Waals surface area (Å²) in [7, 11) is 0. The third-order valence-electron chi connectivity index (χ3n) is 25.2. The number of carbonyl (C=O) groups is 1. The van der Waals surface area contributed by atoms with Crippen LogP contribution in [0.1, 0.15) is 161 Å². The van der Waals surface area contributed by atoms with Gasteiger partial charge in [-0.05, 0) is 191 Å². The summed E-state index contributed by atoms with van der Waals surface area (Å²) < 4.78 is 0. The number of amides is 1. The van der Waals surface area contributed by atoms with Crippen LogP contribution in [-0.2, 0) is 64.2 Å². The number of carbonyl (C=O) groups excluding carboxylic acids is 1. The molecule has 5 aliphatic carbocycles. The zero-order valence-electron chi connectivity index (χ0n) is 67.6. The Morgan fingerprint density at radius 3 is 0.964 bits per heavy atom. The molecule has 0 spiro atoms. The minimum atomic E-state index is 0. The van der Waals surface area contributed by atoms with Gasteiger partial charge in [0.05, 0.1) is 56.0 Å². The molecule has 3 fully saturated rings. The van der Waals surface area contributed by atoms with Crippen molar-refractivity contribution in [2.45, 2.75) is 195 Å². The average molecular weight is 1600 g/mol. The van der Waals surface area contributed by atoms with Crippen LogP contribution in [0.5, 0.6) is 0 Å². The van der Waals surface area contributed by atoms with E-state index in [-0.39, 0.29) is 13.3 Å². The Morgan fingerprint density at radius 1 is 0.360 bits per heavy atom. The lowest BCUT2D eigenvalue weighted by atomic mass is 9.95. The molecule has 0 saturated carbocycles. The number of hydrogen-bond donors (Lipinski definition) is 0. The lowest BCUT2D eigenvalue weighted by Crippen LogP contribution is -2.51. The molecule has 0 bridgehead atoms. The molecule has 8 heterocycles. The van der Waals surface area contributed by atoms with Crippen LogP contribution in [-0.4, -0.2) is 269 Å². The molecule has 3 aliphatic heterocycles. The predicted molar refractivity (Wildman–Crippen MR) is 470 cm³/mol. The van der Waals surface area contributed by atoms with Crippen molar-refractivity contribution in [2.24, 2.45) is 0 Å². The second-order valence-corrected chi connectivity index (χ2v) is 36.5. The Bertz CT molecular complexity index is 3940. The molecule has 8 aliphatic rings. The van der Waals surface area contributed by atoms with Crippen LogP contribution in [0.25, 0.3) is 0 Å². The fourth-order valence-electron chi connectivity index (χ4n) is 18.6. The first-order chi connectivity index (χ1) is 54.0. The number of aryl methyl sites for hydroxylation is 7. The van der Waals surface area contributed by atoms with Gasteiger partial charge >= 0.3 is 0 Å². The van der Waals surface area contributed by atoms with Crippen LogP contribution in [0, 0.1) is 13.8 Å². The summed E-state index contributed by atoms with van der Waals surface area (Å²) in [4.78, 5) is 71.4. The van der Waals surface area contributed by atoms with Crippen molar-refractivity contribution in [3.63, 3.8) is 0 Å². The molecule has 3 saturated heterocycles. The maximum atomic E-state index is 12.6. The van der Waals surface area contributed by atoms with Crippen molar-refractivity contribution in [1.29, 1.82) is 0 Å². The zero-order valence-corrected chi connectivity index (χ0v) is 71.7. The maximum absolute atomic E-state index is 12.6. The van der Waals surface area contributed by atoms with Crippen molar-refractivity contribution < 1.29 is 4.79 Å². The number of thiazole rings is 5. The van der Waals surface area contributed by atoms with E-state index < -0.39 is 0 Å². The minimum absolute atomic E-state index is 0. The van der Waals surface area contributed by atoms with Crippen molar-refractivity contribution in [3.05, 3.63) is 176 Å². The van der Waals surface area contributed by atoms with Gasteiger partial charge in [-0.15, -0.1) is 56.7 Å². The molecular weight excluding hydrogens is 1470 g/mol. The summed E-state index contributed by atoms with van der Waals surface area (Å²) in [6, 6.07) is 30.7. The van der Waals surface area contributed by atoms with Gasteiger partial charge in [0.1, 0.15) is 0 Å². The van der Waals surface area contributed by atoms with Gasteiger partial charge in [-0.1, -0.05) is 96.6 Å². The Morgan fingerprint density at radius 2 is 0.649 bits per heavy atom. The number of rotatable bonds is 27. The molecule has 0 radical (unpaired) electrons. The maximum Gasteiger partial charge on any atom is 0.253 e. The zero-order chi connectivity index (χ0) is 76.0. The molecule has 8 aromatic rings. The molecule has 17 nitrogen and oxygen atoms in total. The Hall–Kier alpha value is -5.44. The number of fused-ring (bicyclic) bond motifs is 5. The second kappa shape index (κ2) is 43.5. The van der Waals surface area contributed by atoms with Crippen LogP contribution in [0.4, 0.5) is 11.4 Å². The van der Waals surface area contributed by atoms with E-state index >= 15 is 0 Å². The predicted octanol–water partition coefficient (Wildman–Crippen LogP) is 14.8. The first-order valence-corrected chi connectivity index (χ1v) is 46.8. The van der Waals surface area contributed by atoms with Crippen LogP contribution >= 0.6 is 56.7 Å². The SMILES string of the molecule is C.CCCN(CCN1CCN(C(=O)c2ccccc2)CC1)C1CCc2ncsc2C1.CCCN(CCN1CCN(c2ccccc2C)CC1)C1CCc2ncsc2C1.CCN(CCN(CC)C1CCc2ncsc2C1)C1CCc2ncsc2C1.CCN(CCN1CCN(c2ccccc2C)CC1)C1CCc2ncsc2C1. The van der Waals surface area contributed by atoms with Gasteiger partial charge in [0.2, 0.25) is 0 Å². The number of anilines is 2. The molecule has 604 valence electrons. The summed E-state index contributed by atoms with van der Waals surface area (Å²) in [6.07, 6.45) is 20.5. The van der Waals surface area contributed by atoms with E-state index in [2.05, 4.69) is 171 Å². The quantitative estimate of drug-likeness (QED) is 0.0486. The normalized spacial score (nSPS) is 20.8. The van der Waals surface area contributed by atoms with Crippen molar-refractivity contribution in [3.8, 4) is 0 Å². The third kappa shape index (κ3) is 23.2. The highest BCUT2D eigenvalue weighted by Crippen LogP contribution is 2.33. The number of nitrogens with zero attached hydrogens (tertiary/aromatic N) is 16. The molecule has 3 aromatic carbocycles. The smallest absolute Gasteiger partial charge is 0.253 e. The van der Waals surface area contributed by atoms with Crippen LogP contribution < -0.4 is 9.80 Å². The van der Waals surface area contributed by atoms with E-state index in [1.807, 2.05) is 119 Å². The highest BCUT2D eigenvalue weighted by molar-refractivity contribution is 7.10. The fraction of sp³-hybridized carbons (Fsp3) is 0.618. The van der Waals surface area contributed by atoms with E-state index in [1.165, 1.54) is 237 Å². The van der Waals surface area contributed by atoms with Gasteiger partial charge in [0, 0.05) is 202 Å². The van der Waals surface area contributed by atoms with Gasteiger partial charge in [-0.25, -0.2) is 24.9 Å². The largest absolute Gasteiger partial charge is 0.369 e. The Kier molecular flexibility index (Phi) is 33.3. The van der Waals surface area contributed by atoms with Crippen molar-refractivity contribution in [2.75, 3.05) is 173 Å². The van der Waals surface area contributed by atoms with Gasteiger partial charge < -0.3 is 14.7 Å². The Balaban J connectivity index is 0.000000137. The summed E-state index contributed by atoms with van der Waals surface area (Å²) in [5.74, 6) is 0.167. The van der Waals surface area contributed by atoms with Crippen molar-refractivity contribution >= 4 is 74.0 Å². The van der Waals surface area contributed by atoms with Crippen molar-refractivity contribution in [1.82, 2.24) is 69.0 Å². The standard InChI is InChI=1S/C23H32N4OS.C23H34N4S.C22H32N4S.C20H30N4S2.CH4/c1-2-10-26(20-8-9-21-22(17-20)29-18-24-21)14-11-25-12-15-27(16-13-25)23(28)19-6-4-3-5-7-19;1-3-10-26(20-8-9-21-23(17-20)28-18-24-21)14-11-25-12-15-27(16-13-25)22-7-5-4-6-19(22)2;1-3-25(19-8-9-20-22(16-19)27-17-23-20)13-10-24-11-14-26(15-12-24)21-7-5-4-6-18(21)2;1-3-23(15-5-7-17-19(11-15)25-13-21-17)9-10-24(4-2)16-6-8-18-20(12-16)26-14-22-18;/h3-7,18,20H,2,8-17H2,1H3;4-7,18,20H,3,8-17H2,1-2H3;4-7,17,19H,3,8-16H2,1-2H3;13-16H,3-12H2,1-2H3;1H4. The lowest BCUT2D eigenvalue weighted by molar-refractivity contribution is 0.0609. The topological polar surface area (TPSA) is 117 Å². The number of para-hydroxylation sites is 2. The summed E-state index contributed by atoms with van der Waals surface area (Å²) in [6.45, 7) is 44.1. The van der Waals surface area contributed by atoms with Gasteiger partial charge in [-0.2, -0.15) is 0 Å². The first-order valence-electron chi connectivity index (χ1n) is 42.4. The number of aromatic nitrogens is 5. The lowest BCUT2D eigenvalue weighted by Gasteiger charge is -2.39. The molecule has 16 rings (SSSR count). The average Bonchev–Trinajstić information content (AvgIpc) is 1.82. The van der Waals surface area contributed by atoms with E-state index in [4.69, 9.17) is 0 Å². The summed E-state index contributed by atoms with van der Waals surface area (Å²) in [5, 5.41) is 0. The van der Waals surface area contributed by atoms with Crippen LogP contribution in [0.3, 0.4) is 0 Å². The Labute approximate surface area is 687 Å². The van der Waals surface area contributed by atoms with Gasteiger partial charge in [0.15, 0.2) is 0 Å². The third-order valence-corrected chi connectivity index (χ3v) is 29.7. The number of likely N-dealkylation sites (N-methyl/N-ethyl adjacent to an activating group) is 3. The minimum Gasteiger partial charge on any atom is -0.369 e. The van der Waals surface area contributed by atoms with E-state index in [0.29, 0.717) is 30.2 Å². The molecule has 1 amide bonds. The molecule has 0 N–H and O–H groups in total. The fourth-order valence-corrected chi connectivity index (χ4v) is 23.0. The van der Waals surface area contributed by atoms with E-state index in [9.17, 15) is 4.79 Å². The first kappa shape index (κ1) is 84.9. The molecule has 5 unspecified atom stereocenters. The molecular formula is C89H132N16OS5. The molecule has 5 atom stereocenters. The highest BCUT2D eigenvalue weighted by Gasteiger charge is 2.33. The molecule has 5 aromatic heterocycles. The van der Waals surface area contributed by atoms with Crippen LogP contribution in [0.15, 0.2) is 106 Å². The molecule has 22 heteroatoms. The molecule has 111 heavy (non-hydrogen) atoms. The monoisotopic (exact) mass is 1600 g/mol. The summed E-state index contributed by atoms with van der Waals surface area (Å²) in [5.41, 5.74) is 23.3. The number of piperazine rings is 3. The highest BCUT2D eigenvalue weighted by atomic mass is 32.1. The van der Waals surface area contributed by atoms with Gasteiger partial charge in [0.25, 0.3) is 5.91 Å². The number of benzene rings is 3. The van der Waals surface area contributed by atoms with E-state index in [0.717, 1.165) is 116 Å². The van der Waals surface area contributed by atoms with Crippen LogP contribution in [0.2, 0.25) is 0 Å². The number of hydrogen-bond acceptors (Lipinski definition) is 21.